The molecule has 1 radical (unpaired) electrons. The number of hydrogen-bond acceptors (Lipinski definition) is 2. The number of aromatic nitrogens is 2. The zero-order valence-electron chi connectivity index (χ0n) is 11.2. The fourth-order valence-electron chi connectivity index (χ4n) is 2.41. The maximum atomic E-state index is 4.38. The average molecular weight is 343 g/mol. The molecule has 0 saturated heterocycles. The summed E-state index contributed by atoms with van der Waals surface area (Å²) in [6.45, 7) is 0. The zero-order chi connectivity index (χ0) is 13.4. The summed E-state index contributed by atoms with van der Waals surface area (Å²) in [4.78, 5) is 8.74. The van der Waals surface area contributed by atoms with Crippen LogP contribution >= 0.6 is 0 Å². The minimum atomic E-state index is 0. The number of pyridine rings is 2. The summed E-state index contributed by atoms with van der Waals surface area (Å²) in [6.07, 6.45) is 3.59. The van der Waals surface area contributed by atoms with Crippen LogP contribution < -0.4 is 0 Å². The van der Waals surface area contributed by atoms with Crippen molar-refractivity contribution >= 4 is 21.8 Å². The monoisotopic (exact) mass is 343 g/mol. The first-order valence-corrected chi connectivity index (χ1v) is 6.45. The molecule has 0 amide bonds. The van der Waals surface area contributed by atoms with Gasteiger partial charge in [-0.2, -0.15) is 24.3 Å². The summed E-state index contributed by atoms with van der Waals surface area (Å²) < 4.78 is 0. The second-order valence-electron chi connectivity index (χ2n) is 4.60. The van der Waals surface area contributed by atoms with Crippen LogP contribution in [0.4, 0.5) is 0 Å². The molecule has 0 bridgehead atoms. The Morgan fingerprint density at radius 1 is 0.857 bits per heavy atom. The zero-order valence-corrected chi connectivity index (χ0v) is 14.1. The van der Waals surface area contributed by atoms with Gasteiger partial charge >= 0.3 is 0 Å². The number of benzene rings is 2. The van der Waals surface area contributed by atoms with E-state index in [1.807, 2.05) is 30.3 Å². The molecule has 0 atom stereocenters. The van der Waals surface area contributed by atoms with Gasteiger partial charge in [0.2, 0.25) is 0 Å². The van der Waals surface area contributed by atoms with E-state index in [1.54, 1.807) is 12.4 Å². The molecular formula is C18H10N2Y-2. The fourth-order valence-corrected chi connectivity index (χ4v) is 2.41. The molecule has 0 unspecified atom stereocenters. The van der Waals surface area contributed by atoms with E-state index in [1.165, 1.54) is 0 Å². The molecule has 0 fully saturated rings. The Hall–Kier alpha value is -1.64. The fraction of sp³-hybridized carbons (Fsp3) is 0. The second kappa shape index (κ2) is 6.01. The topological polar surface area (TPSA) is 25.8 Å². The van der Waals surface area contributed by atoms with Gasteiger partial charge in [0.25, 0.3) is 0 Å². The van der Waals surface area contributed by atoms with E-state index in [-0.39, 0.29) is 32.7 Å². The van der Waals surface area contributed by atoms with Crippen LogP contribution in [0.3, 0.4) is 0 Å². The molecule has 4 aromatic rings. The summed E-state index contributed by atoms with van der Waals surface area (Å²) in [5.41, 5.74) is 3.85. The van der Waals surface area contributed by atoms with Gasteiger partial charge in [0, 0.05) is 45.1 Å². The molecule has 4 rings (SSSR count). The first-order valence-electron chi connectivity index (χ1n) is 6.45. The Balaban J connectivity index is 0.00000132. The molecular weight excluding hydrogens is 333 g/mol. The van der Waals surface area contributed by atoms with Crippen molar-refractivity contribution in [3.8, 4) is 11.1 Å². The molecule has 2 nitrogen and oxygen atoms in total. The molecule has 3 heteroatoms. The Labute approximate surface area is 148 Å². The van der Waals surface area contributed by atoms with Gasteiger partial charge in [0.15, 0.2) is 0 Å². The van der Waals surface area contributed by atoms with Crippen LogP contribution in [-0.2, 0) is 32.7 Å². The van der Waals surface area contributed by atoms with Gasteiger partial charge in [0.1, 0.15) is 0 Å². The van der Waals surface area contributed by atoms with E-state index >= 15 is 0 Å². The minimum Gasteiger partial charge on any atom is -0.277 e. The Morgan fingerprint density at radius 3 is 2.67 bits per heavy atom. The third-order valence-corrected chi connectivity index (χ3v) is 3.37. The number of fused-ring (bicyclic) bond motifs is 2. The maximum Gasteiger partial charge on any atom is 0.0247 e. The van der Waals surface area contributed by atoms with Crippen LogP contribution in [0.25, 0.3) is 32.9 Å². The van der Waals surface area contributed by atoms with Crippen LogP contribution in [-0.4, -0.2) is 9.97 Å². The van der Waals surface area contributed by atoms with Crippen molar-refractivity contribution in [2.24, 2.45) is 0 Å². The minimum absolute atomic E-state index is 0. The van der Waals surface area contributed by atoms with Gasteiger partial charge in [-0.1, -0.05) is 23.6 Å². The molecule has 21 heavy (non-hydrogen) atoms. The number of hydrogen-bond donors (Lipinski definition) is 0. The van der Waals surface area contributed by atoms with E-state index in [0.717, 1.165) is 32.9 Å². The summed E-state index contributed by atoms with van der Waals surface area (Å²) in [5.74, 6) is 0. The number of rotatable bonds is 1. The van der Waals surface area contributed by atoms with Gasteiger partial charge in [-0.3, -0.25) is 9.97 Å². The van der Waals surface area contributed by atoms with E-state index in [2.05, 4.69) is 40.3 Å². The SMILES string of the molecule is [Y].[c-]1ccc2ncccc2c1-c1[c-]c2ncccc2cc1. The number of nitrogens with zero attached hydrogens (tertiary/aromatic N) is 2. The van der Waals surface area contributed by atoms with E-state index in [9.17, 15) is 0 Å². The van der Waals surface area contributed by atoms with Gasteiger partial charge < -0.3 is 0 Å². The summed E-state index contributed by atoms with van der Waals surface area (Å²) in [6, 6.07) is 22.6. The third kappa shape index (κ3) is 2.62. The molecule has 0 spiro atoms. The van der Waals surface area contributed by atoms with E-state index < -0.39 is 0 Å². The smallest absolute Gasteiger partial charge is 0.0247 e. The van der Waals surface area contributed by atoms with Crippen LogP contribution in [0.5, 0.6) is 0 Å². The van der Waals surface area contributed by atoms with Gasteiger partial charge in [0.05, 0.1) is 0 Å². The van der Waals surface area contributed by atoms with Crippen LogP contribution in [0.2, 0.25) is 0 Å². The van der Waals surface area contributed by atoms with Crippen LogP contribution in [0.15, 0.2) is 60.9 Å². The Bertz CT molecular complexity index is 913. The average Bonchev–Trinajstić information content (AvgIpc) is 2.54. The third-order valence-electron chi connectivity index (χ3n) is 3.37. The molecule has 0 aliphatic carbocycles. The first-order chi connectivity index (χ1) is 9.92. The predicted molar refractivity (Wildman–Crippen MR) is 80.2 cm³/mol. The quantitative estimate of drug-likeness (QED) is 0.488. The van der Waals surface area contributed by atoms with E-state index in [4.69, 9.17) is 0 Å². The van der Waals surface area contributed by atoms with E-state index in [0.29, 0.717) is 0 Å². The van der Waals surface area contributed by atoms with Crippen molar-refractivity contribution in [3.05, 3.63) is 73.1 Å². The maximum absolute atomic E-state index is 4.38. The standard InChI is InChI=1S/C18H10N2.Y/c1-5-15(16-6-3-11-19-17(16)7-1)14-9-8-13-4-2-10-20-18(13)12-14;/h1-4,6-11H;/q-2;. The van der Waals surface area contributed by atoms with Gasteiger partial charge in [-0.05, 0) is 11.0 Å². The first kappa shape index (κ1) is 14.3. The van der Waals surface area contributed by atoms with Crippen LogP contribution in [0, 0.1) is 12.1 Å². The Morgan fingerprint density at radius 2 is 1.71 bits per heavy atom. The van der Waals surface area contributed by atoms with Crippen LogP contribution in [0.1, 0.15) is 0 Å². The molecule has 0 saturated carbocycles. The normalized spacial score (nSPS) is 10.5. The molecule has 0 aliphatic heterocycles. The molecule has 2 aromatic heterocycles. The molecule has 2 heterocycles. The second-order valence-corrected chi connectivity index (χ2v) is 4.60. The molecule has 0 aliphatic rings. The summed E-state index contributed by atoms with van der Waals surface area (Å²) >= 11 is 0. The predicted octanol–water partition coefficient (Wildman–Crippen LogP) is 4.05. The van der Waals surface area contributed by atoms with Crippen molar-refractivity contribution in [2.45, 2.75) is 0 Å². The van der Waals surface area contributed by atoms with Crippen molar-refractivity contribution in [3.63, 3.8) is 0 Å². The molecule has 0 N–H and O–H groups in total. The summed E-state index contributed by atoms with van der Waals surface area (Å²) in [7, 11) is 0. The molecule has 2 aromatic carbocycles. The van der Waals surface area contributed by atoms with Crippen molar-refractivity contribution < 1.29 is 32.7 Å². The van der Waals surface area contributed by atoms with Crippen molar-refractivity contribution in [1.29, 1.82) is 0 Å². The van der Waals surface area contributed by atoms with Gasteiger partial charge in [-0.25, -0.2) is 11.1 Å². The summed E-state index contributed by atoms with van der Waals surface area (Å²) in [5, 5.41) is 2.18. The van der Waals surface area contributed by atoms with Crippen molar-refractivity contribution in [2.75, 3.05) is 0 Å². The van der Waals surface area contributed by atoms with Crippen molar-refractivity contribution in [1.82, 2.24) is 9.97 Å². The van der Waals surface area contributed by atoms with Gasteiger partial charge in [-0.15, -0.1) is 23.6 Å². The Kier molecular flexibility index (Phi) is 4.09. The molecule has 97 valence electrons. The largest absolute Gasteiger partial charge is 0.277 e.